The first kappa shape index (κ1) is 23.3. The van der Waals surface area contributed by atoms with Crippen LogP contribution in [0.5, 0.6) is 0 Å². The largest absolute Gasteiger partial charge is 0.352 e. The van der Waals surface area contributed by atoms with Crippen molar-refractivity contribution in [2.24, 2.45) is 4.99 Å². The van der Waals surface area contributed by atoms with Gasteiger partial charge in [-0.25, -0.2) is 18.4 Å². The highest BCUT2D eigenvalue weighted by Crippen LogP contribution is 2.11. The molecule has 1 aliphatic heterocycles. The molecule has 1 aliphatic rings. The van der Waals surface area contributed by atoms with E-state index in [1.807, 2.05) is 30.3 Å². The van der Waals surface area contributed by atoms with Crippen molar-refractivity contribution in [3.05, 3.63) is 53.9 Å². The van der Waals surface area contributed by atoms with Gasteiger partial charge in [0, 0.05) is 58.4 Å². The van der Waals surface area contributed by atoms with Crippen LogP contribution in [0.3, 0.4) is 0 Å². The van der Waals surface area contributed by atoms with E-state index in [0.29, 0.717) is 6.54 Å². The second kappa shape index (κ2) is 10.7. The highest BCUT2D eigenvalue weighted by atomic mass is 127. The highest BCUT2D eigenvalue weighted by molar-refractivity contribution is 14.0. The van der Waals surface area contributed by atoms with Gasteiger partial charge in [-0.05, 0) is 17.2 Å². The van der Waals surface area contributed by atoms with Crippen LogP contribution in [0.4, 0.5) is 5.95 Å². The van der Waals surface area contributed by atoms with E-state index in [0.717, 1.165) is 49.2 Å². The zero-order valence-electron chi connectivity index (χ0n) is 16.7. The lowest BCUT2D eigenvalue weighted by Gasteiger charge is -2.36. The number of benzene rings is 1. The molecule has 1 aromatic heterocycles. The lowest BCUT2D eigenvalue weighted by molar-refractivity contribution is 0.370. The molecule has 0 radical (unpaired) electrons. The Kier molecular flexibility index (Phi) is 8.62. The normalized spacial score (nSPS) is 15.0. The number of aliphatic imine (C=N–C) groups is 1. The number of anilines is 1. The van der Waals surface area contributed by atoms with Gasteiger partial charge in [-0.3, -0.25) is 4.99 Å². The van der Waals surface area contributed by atoms with Crippen molar-refractivity contribution >= 4 is 45.7 Å². The molecule has 0 amide bonds. The molecule has 0 atom stereocenters. The molecule has 3 rings (SSSR count). The maximum absolute atomic E-state index is 11.4. The average Bonchev–Trinajstić information content (AvgIpc) is 2.70. The van der Waals surface area contributed by atoms with Crippen LogP contribution >= 0.6 is 24.0 Å². The Morgan fingerprint density at radius 1 is 1.07 bits per heavy atom. The number of guanidine groups is 1. The van der Waals surface area contributed by atoms with Crippen LogP contribution in [-0.2, 0) is 22.1 Å². The number of rotatable bonds is 5. The number of piperazine rings is 1. The summed E-state index contributed by atoms with van der Waals surface area (Å²) in [7, 11) is -1.23. The van der Waals surface area contributed by atoms with Crippen molar-refractivity contribution < 1.29 is 8.42 Å². The topological polar surface area (TPSA) is 90.8 Å². The van der Waals surface area contributed by atoms with Gasteiger partial charge in [0.25, 0.3) is 0 Å². The fourth-order valence-electron chi connectivity index (χ4n) is 3.14. The van der Waals surface area contributed by atoms with Crippen LogP contribution in [0, 0.1) is 0 Å². The van der Waals surface area contributed by atoms with Crippen LogP contribution in [0.2, 0.25) is 0 Å². The summed E-state index contributed by atoms with van der Waals surface area (Å²) in [6.45, 7) is 3.99. The van der Waals surface area contributed by atoms with Gasteiger partial charge in [-0.1, -0.05) is 24.3 Å². The zero-order chi connectivity index (χ0) is 20.0. The Morgan fingerprint density at radius 2 is 1.66 bits per heavy atom. The van der Waals surface area contributed by atoms with Gasteiger partial charge in [0.05, 0.1) is 5.75 Å². The summed E-state index contributed by atoms with van der Waals surface area (Å²) in [6.07, 6.45) is 4.77. The Morgan fingerprint density at radius 3 is 2.21 bits per heavy atom. The van der Waals surface area contributed by atoms with E-state index in [1.54, 1.807) is 19.4 Å². The van der Waals surface area contributed by atoms with Crippen LogP contribution in [0.25, 0.3) is 0 Å². The number of halogens is 1. The first-order valence-corrected chi connectivity index (χ1v) is 11.2. The SMILES string of the molecule is CN=C(NCc1ccc(CS(C)(=O)=O)cc1)N1CCN(c2ncccn2)CC1.I. The molecular weight excluding hydrogens is 503 g/mol. The Labute approximate surface area is 189 Å². The molecule has 0 spiro atoms. The Balaban J connectivity index is 0.00000300. The van der Waals surface area contributed by atoms with Crippen molar-refractivity contribution in [1.82, 2.24) is 20.2 Å². The number of sulfone groups is 1. The summed E-state index contributed by atoms with van der Waals surface area (Å²) in [5, 5.41) is 3.39. The molecule has 0 saturated carbocycles. The molecule has 2 heterocycles. The summed E-state index contributed by atoms with van der Waals surface area (Å²) < 4.78 is 22.8. The van der Waals surface area contributed by atoms with E-state index in [1.165, 1.54) is 6.26 Å². The van der Waals surface area contributed by atoms with Crippen LogP contribution < -0.4 is 10.2 Å². The van der Waals surface area contributed by atoms with Crippen molar-refractivity contribution in [3.8, 4) is 0 Å². The van der Waals surface area contributed by atoms with Gasteiger partial charge in [0.1, 0.15) is 0 Å². The molecule has 8 nitrogen and oxygen atoms in total. The number of aromatic nitrogens is 2. The molecule has 1 saturated heterocycles. The number of nitrogens with zero attached hydrogens (tertiary/aromatic N) is 5. The monoisotopic (exact) mass is 530 g/mol. The molecule has 0 bridgehead atoms. The van der Waals surface area contributed by atoms with E-state index < -0.39 is 9.84 Å². The molecule has 1 aromatic carbocycles. The van der Waals surface area contributed by atoms with Crippen LogP contribution in [0.1, 0.15) is 11.1 Å². The molecule has 0 unspecified atom stereocenters. The fourth-order valence-corrected chi connectivity index (χ4v) is 3.94. The summed E-state index contributed by atoms with van der Waals surface area (Å²) in [5.74, 6) is 1.69. The van der Waals surface area contributed by atoms with Crippen molar-refractivity contribution in [2.45, 2.75) is 12.3 Å². The minimum absolute atomic E-state index is 0. The van der Waals surface area contributed by atoms with E-state index in [2.05, 4.69) is 30.1 Å². The van der Waals surface area contributed by atoms with E-state index >= 15 is 0 Å². The van der Waals surface area contributed by atoms with E-state index in [4.69, 9.17) is 0 Å². The van der Waals surface area contributed by atoms with Crippen molar-refractivity contribution in [1.29, 1.82) is 0 Å². The molecule has 1 fully saturated rings. The third-order valence-corrected chi connectivity index (χ3v) is 5.39. The lowest BCUT2D eigenvalue weighted by Crippen LogP contribution is -2.52. The predicted molar refractivity (Wildman–Crippen MR) is 126 cm³/mol. The summed E-state index contributed by atoms with van der Waals surface area (Å²) >= 11 is 0. The smallest absolute Gasteiger partial charge is 0.225 e. The second-order valence-electron chi connectivity index (χ2n) is 6.81. The lowest BCUT2D eigenvalue weighted by atomic mass is 10.1. The maximum Gasteiger partial charge on any atom is 0.225 e. The molecule has 10 heteroatoms. The molecule has 158 valence electrons. The summed E-state index contributed by atoms with van der Waals surface area (Å²) in [5.41, 5.74) is 1.88. The first-order valence-electron chi connectivity index (χ1n) is 9.18. The third kappa shape index (κ3) is 7.11. The molecule has 2 aromatic rings. The quantitative estimate of drug-likeness (QED) is 0.356. The summed E-state index contributed by atoms with van der Waals surface area (Å²) in [6, 6.07) is 9.44. The number of hydrogen-bond donors (Lipinski definition) is 1. The van der Waals surface area contributed by atoms with Gasteiger partial charge in [0.15, 0.2) is 15.8 Å². The third-order valence-electron chi connectivity index (χ3n) is 4.53. The summed E-state index contributed by atoms with van der Waals surface area (Å²) in [4.78, 5) is 17.4. The van der Waals surface area contributed by atoms with E-state index in [9.17, 15) is 8.42 Å². The van der Waals surface area contributed by atoms with E-state index in [-0.39, 0.29) is 29.7 Å². The molecule has 1 N–H and O–H groups in total. The van der Waals surface area contributed by atoms with Crippen LogP contribution in [0.15, 0.2) is 47.7 Å². The molecule has 0 aliphatic carbocycles. The van der Waals surface area contributed by atoms with Gasteiger partial charge >= 0.3 is 0 Å². The number of hydrogen-bond acceptors (Lipinski definition) is 6. The maximum atomic E-state index is 11.4. The van der Waals surface area contributed by atoms with Crippen molar-refractivity contribution in [3.63, 3.8) is 0 Å². The Hall–Kier alpha value is -1.95. The standard InChI is InChI=1S/C19H26N6O2S.HI/c1-20-18(23-14-16-4-6-17(7-5-16)15-28(2,26)27)24-10-12-25(13-11-24)19-21-8-3-9-22-19;/h3-9H,10-15H2,1-2H3,(H,20,23);1H. The van der Waals surface area contributed by atoms with Gasteiger partial charge in [0.2, 0.25) is 5.95 Å². The highest BCUT2D eigenvalue weighted by Gasteiger charge is 2.20. The van der Waals surface area contributed by atoms with Crippen LogP contribution in [-0.4, -0.2) is 68.7 Å². The van der Waals surface area contributed by atoms with Gasteiger partial charge in [-0.2, -0.15) is 0 Å². The van der Waals surface area contributed by atoms with Crippen molar-refractivity contribution in [2.75, 3.05) is 44.4 Å². The average molecular weight is 530 g/mol. The van der Waals surface area contributed by atoms with Gasteiger partial charge < -0.3 is 15.1 Å². The second-order valence-corrected chi connectivity index (χ2v) is 8.95. The zero-order valence-corrected chi connectivity index (χ0v) is 19.8. The minimum atomic E-state index is -3.01. The number of nitrogens with one attached hydrogen (secondary N) is 1. The predicted octanol–water partition coefficient (Wildman–Crippen LogP) is 1.54. The first-order chi connectivity index (χ1) is 13.4. The minimum Gasteiger partial charge on any atom is -0.352 e. The molecular formula is C19H27IN6O2S. The molecule has 29 heavy (non-hydrogen) atoms. The van der Waals surface area contributed by atoms with Gasteiger partial charge in [-0.15, -0.1) is 24.0 Å². The fraction of sp³-hybridized carbons (Fsp3) is 0.421. The Bertz CT molecular complexity index is 898.